The van der Waals surface area contributed by atoms with E-state index >= 15 is 0 Å². The number of hydrogen-bond donors (Lipinski definition) is 2. The quantitative estimate of drug-likeness (QED) is 0.872. The molecule has 0 aromatic heterocycles. The molecule has 2 rings (SSSR count). The van der Waals surface area contributed by atoms with Gasteiger partial charge in [-0.25, -0.2) is 9.18 Å². The number of carbonyl (C=O) groups excluding carboxylic acids is 1. The van der Waals surface area contributed by atoms with Gasteiger partial charge in [-0.05, 0) is 30.2 Å². The summed E-state index contributed by atoms with van der Waals surface area (Å²) in [7, 11) is 1.55. The number of aryl methyl sites for hydroxylation is 1. The van der Waals surface area contributed by atoms with Gasteiger partial charge < -0.3 is 9.64 Å². The summed E-state index contributed by atoms with van der Waals surface area (Å²) in [6, 6.07) is 3.54. The van der Waals surface area contributed by atoms with Crippen molar-refractivity contribution in [3.05, 3.63) is 35.1 Å². The molecule has 1 saturated heterocycles. The fraction of sp³-hybridized carbons (Fsp3) is 0.385. The maximum atomic E-state index is 13.1. The molecule has 0 radical (unpaired) electrons. The topological polar surface area (TPSA) is 65.4 Å². The van der Waals surface area contributed by atoms with Crippen LogP contribution in [0, 0.1) is 18.2 Å². The van der Waals surface area contributed by atoms with Crippen LogP contribution in [-0.2, 0) is 4.74 Å². The molecule has 1 fully saturated rings. The maximum absolute atomic E-state index is 13.1. The molecule has 1 heterocycles. The fourth-order valence-corrected chi connectivity index (χ4v) is 2.22. The summed E-state index contributed by atoms with van der Waals surface area (Å²) < 4.78 is 18.1. The molecule has 1 aliphatic heterocycles. The minimum atomic E-state index is -0.497. The number of amidine groups is 1. The predicted octanol–water partition coefficient (Wildman–Crippen LogP) is 1.82. The monoisotopic (exact) mass is 265 g/mol. The molecule has 0 saturated carbocycles. The number of amides is 2. The molecule has 0 aliphatic carbocycles. The molecule has 0 spiro atoms. The molecule has 0 bridgehead atoms. The molecule has 1 atom stereocenters. The number of nitrogens with zero attached hydrogens (tertiary/aromatic N) is 1. The van der Waals surface area contributed by atoms with Gasteiger partial charge in [0.1, 0.15) is 17.7 Å². The van der Waals surface area contributed by atoms with Crippen LogP contribution in [0.1, 0.15) is 17.2 Å². The molecule has 102 valence electrons. The summed E-state index contributed by atoms with van der Waals surface area (Å²) in [6.07, 6.45) is 0. The number of rotatable bonds is 4. The number of ether oxygens (including phenoxy) is 1. The summed E-state index contributed by atoms with van der Waals surface area (Å²) in [5.74, 6) is -0.218. The first-order valence-electron chi connectivity index (χ1n) is 5.95. The average molecular weight is 265 g/mol. The van der Waals surface area contributed by atoms with E-state index in [1.54, 1.807) is 20.1 Å². The minimum absolute atomic E-state index is 0.107. The van der Waals surface area contributed by atoms with Gasteiger partial charge in [0.15, 0.2) is 0 Å². The number of hydrogen-bond acceptors (Lipinski definition) is 3. The molecule has 1 unspecified atom stereocenters. The lowest BCUT2D eigenvalue weighted by Crippen LogP contribution is -2.33. The molecule has 1 aliphatic rings. The van der Waals surface area contributed by atoms with E-state index in [1.165, 1.54) is 17.0 Å². The van der Waals surface area contributed by atoms with Crippen LogP contribution in [0.25, 0.3) is 0 Å². The van der Waals surface area contributed by atoms with Crippen LogP contribution in [0.5, 0.6) is 0 Å². The van der Waals surface area contributed by atoms with E-state index in [1.807, 2.05) is 0 Å². The van der Waals surface area contributed by atoms with Gasteiger partial charge in [-0.2, -0.15) is 0 Å². The Morgan fingerprint density at radius 1 is 1.53 bits per heavy atom. The molecular formula is C13H16FN3O2. The number of carbonyl (C=O) groups is 1. The van der Waals surface area contributed by atoms with Crippen molar-refractivity contribution in [2.45, 2.75) is 13.0 Å². The molecule has 19 heavy (non-hydrogen) atoms. The van der Waals surface area contributed by atoms with Crippen LogP contribution < -0.4 is 5.32 Å². The van der Waals surface area contributed by atoms with Crippen molar-refractivity contribution >= 4 is 11.9 Å². The maximum Gasteiger partial charge on any atom is 0.323 e. The van der Waals surface area contributed by atoms with Crippen LogP contribution >= 0.6 is 0 Å². The Kier molecular flexibility index (Phi) is 3.80. The third-order valence-electron chi connectivity index (χ3n) is 3.15. The molecule has 1 aromatic rings. The first kappa shape index (κ1) is 13.5. The third kappa shape index (κ3) is 2.58. The summed E-state index contributed by atoms with van der Waals surface area (Å²) in [5.41, 5.74) is 1.47. The van der Waals surface area contributed by atoms with E-state index < -0.39 is 6.04 Å². The third-order valence-corrected chi connectivity index (χ3v) is 3.15. The van der Waals surface area contributed by atoms with Gasteiger partial charge >= 0.3 is 6.03 Å². The van der Waals surface area contributed by atoms with E-state index in [-0.39, 0.29) is 17.7 Å². The lowest BCUT2D eigenvalue weighted by molar-refractivity contribution is 0.150. The van der Waals surface area contributed by atoms with Gasteiger partial charge in [0.25, 0.3) is 0 Å². The van der Waals surface area contributed by atoms with E-state index in [4.69, 9.17) is 10.1 Å². The molecule has 2 amide bonds. The zero-order valence-corrected chi connectivity index (χ0v) is 10.9. The highest BCUT2D eigenvalue weighted by Gasteiger charge is 2.37. The zero-order valence-electron chi connectivity index (χ0n) is 10.9. The highest BCUT2D eigenvalue weighted by molar-refractivity contribution is 6.06. The van der Waals surface area contributed by atoms with E-state index in [9.17, 15) is 9.18 Å². The van der Waals surface area contributed by atoms with Crippen LogP contribution in [0.3, 0.4) is 0 Å². The van der Waals surface area contributed by atoms with Gasteiger partial charge in [-0.15, -0.1) is 0 Å². The molecule has 2 N–H and O–H groups in total. The van der Waals surface area contributed by atoms with Crippen molar-refractivity contribution in [1.82, 2.24) is 10.2 Å². The highest BCUT2D eigenvalue weighted by atomic mass is 19.1. The van der Waals surface area contributed by atoms with Crippen molar-refractivity contribution in [1.29, 1.82) is 5.41 Å². The van der Waals surface area contributed by atoms with Crippen molar-refractivity contribution < 1.29 is 13.9 Å². The second kappa shape index (κ2) is 5.36. The van der Waals surface area contributed by atoms with E-state index in [0.717, 1.165) is 5.56 Å². The molecular weight excluding hydrogens is 249 g/mol. The summed E-state index contributed by atoms with van der Waals surface area (Å²) >= 11 is 0. The Bertz CT molecular complexity index is 519. The van der Waals surface area contributed by atoms with Crippen molar-refractivity contribution in [2.24, 2.45) is 0 Å². The standard InChI is InChI=1S/C13H16FN3O2/c1-8-7-9(14)3-4-10(8)11-12(15)16-13(18)17(11)5-6-19-2/h3-4,7,11H,5-6H2,1-2H3,(H2,15,16,18). The first-order valence-corrected chi connectivity index (χ1v) is 5.95. The number of methoxy groups -OCH3 is 1. The normalized spacial score (nSPS) is 18.9. The summed E-state index contributed by atoms with van der Waals surface area (Å²) in [4.78, 5) is 13.3. The van der Waals surface area contributed by atoms with Crippen molar-refractivity contribution in [3.63, 3.8) is 0 Å². The second-order valence-electron chi connectivity index (χ2n) is 4.43. The number of nitrogens with one attached hydrogen (secondary N) is 2. The van der Waals surface area contributed by atoms with Crippen LogP contribution in [-0.4, -0.2) is 37.0 Å². The van der Waals surface area contributed by atoms with Crippen LogP contribution in [0.4, 0.5) is 9.18 Å². The zero-order chi connectivity index (χ0) is 14.0. The fourth-order valence-electron chi connectivity index (χ4n) is 2.22. The largest absolute Gasteiger partial charge is 0.383 e. The SMILES string of the molecule is COCCN1C(=O)NC(=N)C1c1ccc(F)cc1C. The smallest absolute Gasteiger partial charge is 0.323 e. The lowest BCUT2D eigenvalue weighted by atomic mass is 10.00. The molecule has 5 nitrogen and oxygen atoms in total. The highest BCUT2D eigenvalue weighted by Crippen LogP contribution is 2.28. The summed E-state index contributed by atoms with van der Waals surface area (Å²) in [6.45, 7) is 2.53. The Balaban J connectivity index is 2.33. The molecule has 1 aromatic carbocycles. The van der Waals surface area contributed by atoms with E-state index in [0.29, 0.717) is 18.7 Å². The average Bonchev–Trinajstić information content (AvgIpc) is 2.62. The summed E-state index contributed by atoms with van der Waals surface area (Å²) in [5, 5.41) is 10.4. The Labute approximate surface area is 110 Å². The van der Waals surface area contributed by atoms with Crippen LogP contribution in [0.15, 0.2) is 18.2 Å². The van der Waals surface area contributed by atoms with Crippen molar-refractivity contribution in [3.8, 4) is 0 Å². The van der Waals surface area contributed by atoms with Gasteiger partial charge in [0.2, 0.25) is 0 Å². The van der Waals surface area contributed by atoms with E-state index in [2.05, 4.69) is 5.32 Å². The number of urea groups is 1. The lowest BCUT2D eigenvalue weighted by Gasteiger charge is -2.23. The second-order valence-corrected chi connectivity index (χ2v) is 4.43. The number of halogens is 1. The minimum Gasteiger partial charge on any atom is -0.383 e. The molecule has 6 heteroatoms. The predicted molar refractivity (Wildman–Crippen MR) is 68.7 cm³/mol. The van der Waals surface area contributed by atoms with Crippen molar-refractivity contribution in [2.75, 3.05) is 20.3 Å². The van der Waals surface area contributed by atoms with Gasteiger partial charge in [0, 0.05) is 13.7 Å². The Morgan fingerprint density at radius 2 is 2.26 bits per heavy atom. The first-order chi connectivity index (χ1) is 9.04. The Hall–Kier alpha value is -1.95. The van der Waals surface area contributed by atoms with Gasteiger partial charge in [0.05, 0.1) is 6.61 Å². The number of benzene rings is 1. The Morgan fingerprint density at radius 3 is 2.89 bits per heavy atom. The van der Waals surface area contributed by atoms with Gasteiger partial charge in [-0.3, -0.25) is 10.7 Å². The van der Waals surface area contributed by atoms with Crippen LogP contribution in [0.2, 0.25) is 0 Å². The van der Waals surface area contributed by atoms with Gasteiger partial charge in [-0.1, -0.05) is 6.07 Å².